The van der Waals surface area contributed by atoms with E-state index in [1.54, 1.807) is 23.1 Å². The predicted molar refractivity (Wildman–Crippen MR) is 59.8 cm³/mol. The first-order valence-electron chi connectivity index (χ1n) is 4.31. The molecule has 0 amide bonds. The molecule has 0 fully saturated rings. The number of nitrogens with zero attached hydrogens (tertiary/aromatic N) is 4. The van der Waals surface area contributed by atoms with Gasteiger partial charge in [-0.3, -0.25) is 0 Å². The molecule has 2 aromatic heterocycles. The van der Waals surface area contributed by atoms with Crippen molar-refractivity contribution < 1.29 is 0 Å². The van der Waals surface area contributed by atoms with Crippen molar-refractivity contribution in [3.8, 4) is 5.95 Å². The van der Waals surface area contributed by atoms with Crippen LogP contribution < -0.4 is 5.73 Å². The first-order chi connectivity index (χ1) is 7.16. The molecule has 15 heavy (non-hydrogen) atoms. The average molecular weight is 219 g/mol. The van der Waals surface area contributed by atoms with E-state index in [2.05, 4.69) is 15.1 Å². The van der Waals surface area contributed by atoms with Gasteiger partial charge in [-0.25, -0.2) is 14.6 Å². The van der Waals surface area contributed by atoms with Crippen molar-refractivity contribution >= 4 is 17.2 Å². The first kappa shape index (κ1) is 9.72. The van der Waals surface area contributed by atoms with Crippen LogP contribution in [0.3, 0.4) is 0 Å². The molecule has 0 bridgehead atoms. The van der Waals surface area contributed by atoms with Crippen molar-refractivity contribution in [2.75, 3.05) is 0 Å². The number of aryl methyl sites for hydroxylation is 1. The summed E-state index contributed by atoms with van der Waals surface area (Å²) < 4.78 is 1.58. The van der Waals surface area contributed by atoms with Crippen LogP contribution in [0.1, 0.15) is 11.3 Å². The van der Waals surface area contributed by atoms with E-state index in [1.807, 2.05) is 13.1 Å². The number of thiocarbonyl (C=S) groups is 1. The maximum absolute atomic E-state index is 5.48. The van der Waals surface area contributed by atoms with E-state index in [1.165, 1.54) is 0 Å². The molecule has 2 rings (SSSR count). The summed E-state index contributed by atoms with van der Waals surface area (Å²) in [5, 5.41) is 4.09. The van der Waals surface area contributed by atoms with Gasteiger partial charge in [0.05, 0.1) is 6.20 Å². The van der Waals surface area contributed by atoms with E-state index in [4.69, 9.17) is 18.0 Å². The standard InChI is InChI=1S/C9H9N5S/c1-6-4-12-14(5-6)9-11-3-2-7(13-9)8(10)15/h2-5H,1H3,(H2,10,15). The van der Waals surface area contributed by atoms with Crippen molar-refractivity contribution in [2.45, 2.75) is 6.92 Å². The fourth-order valence-corrected chi connectivity index (χ4v) is 1.23. The minimum atomic E-state index is 0.252. The Morgan fingerprint density at radius 3 is 2.93 bits per heavy atom. The topological polar surface area (TPSA) is 69.6 Å². The van der Waals surface area contributed by atoms with Crippen LogP contribution in [0.2, 0.25) is 0 Å². The second kappa shape index (κ2) is 3.74. The van der Waals surface area contributed by atoms with Gasteiger partial charge in [0.15, 0.2) is 0 Å². The lowest BCUT2D eigenvalue weighted by Gasteiger charge is -2.01. The fraction of sp³-hybridized carbons (Fsp3) is 0.111. The molecule has 0 unspecified atom stereocenters. The lowest BCUT2D eigenvalue weighted by atomic mass is 10.4. The third-order valence-electron chi connectivity index (χ3n) is 1.81. The molecule has 0 aliphatic rings. The number of rotatable bonds is 2. The van der Waals surface area contributed by atoms with Crippen molar-refractivity contribution in [1.82, 2.24) is 19.7 Å². The summed E-state index contributed by atoms with van der Waals surface area (Å²) in [6.45, 7) is 1.95. The van der Waals surface area contributed by atoms with Gasteiger partial charge in [0, 0.05) is 12.4 Å². The first-order valence-corrected chi connectivity index (χ1v) is 4.72. The zero-order valence-corrected chi connectivity index (χ0v) is 8.90. The molecular weight excluding hydrogens is 210 g/mol. The molecule has 0 saturated carbocycles. The Hall–Kier alpha value is -1.82. The van der Waals surface area contributed by atoms with E-state index in [9.17, 15) is 0 Å². The number of nitrogens with two attached hydrogens (primary N) is 1. The molecule has 0 atom stereocenters. The molecule has 0 aromatic carbocycles. The zero-order valence-electron chi connectivity index (χ0n) is 8.08. The number of hydrogen-bond acceptors (Lipinski definition) is 4. The lowest BCUT2D eigenvalue weighted by molar-refractivity contribution is 0.806. The van der Waals surface area contributed by atoms with Crippen LogP contribution in [0, 0.1) is 6.92 Å². The van der Waals surface area contributed by atoms with Crippen molar-refractivity contribution in [3.05, 3.63) is 35.9 Å². The van der Waals surface area contributed by atoms with Gasteiger partial charge in [-0.05, 0) is 18.6 Å². The summed E-state index contributed by atoms with van der Waals surface area (Å²) in [4.78, 5) is 8.51. The summed E-state index contributed by atoms with van der Waals surface area (Å²) in [6.07, 6.45) is 5.17. The van der Waals surface area contributed by atoms with Crippen LogP contribution in [0.5, 0.6) is 0 Å². The molecule has 6 heteroatoms. The third kappa shape index (κ3) is 1.99. The minimum absolute atomic E-state index is 0.252. The Morgan fingerprint density at radius 2 is 2.33 bits per heavy atom. The maximum Gasteiger partial charge on any atom is 0.251 e. The molecule has 2 aromatic rings. The second-order valence-corrected chi connectivity index (χ2v) is 3.51. The van der Waals surface area contributed by atoms with Gasteiger partial charge in [-0.1, -0.05) is 12.2 Å². The summed E-state index contributed by atoms with van der Waals surface area (Å²) in [7, 11) is 0. The van der Waals surface area contributed by atoms with Gasteiger partial charge in [0.1, 0.15) is 10.7 Å². The molecule has 0 aliphatic heterocycles. The fourth-order valence-electron chi connectivity index (χ4n) is 1.12. The number of hydrogen-bond donors (Lipinski definition) is 1. The van der Waals surface area contributed by atoms with Gasteiger partial charge in [0.2, 0.25) is 0 Å². The normalized spacial score (nSPS) is 10.2. The Bertz CT molecular complexity index is 505. The van der Waals surface area contributed by atoms with Crippen LogP contribution in [0.4, 0.5) is 0 Å². The molecule has 76 valence electrons. The van der Waals surface area contributed by atoms with Crippen molar-refractivity contribution in [1.29, 1.82) is 0 Å². The van der Waals surface area contributed by atoms with Crippen LogP contribution in [0.25, 0.3) is 5.95 Å². The van der Waals surface area contributed by atoms with Crippen LogP contribution in [0.15, 0.2) is 24.7 Å². The summed E-state index contributed by atoms with van der Waals surface area (Å²) >= 11 is 4.83. The van der Waals surface area contributed by atoms with Crippen LogP contribution >= 0.6 is 12.2 Å². The Kier molecular flexibility index (Phi) is 2.42. The molecular formula is C9H9N5S. The monoisotopic (exact) mass is 219 g/mol. The second-order valence-electron chi connectivity index (χ2n) is 3.07. The van der Waals surface area contributed by atoms with Crippen LogP contribution in [-0.4, -0.2) is 24.7 Å². The third-order valence-corrected chi connectivity index (χ3v) is 2.02. The van der Waals surface area contributed by atoms with E-state index in [-0.39, 0.29) is 4.99 Å². The Morgan fingerprint density at radius 1 is 1.53 bits per heavy atom. The smallest absolute Gasteiger partial charge is 0.251 e. The maximum atomic E-state index is 5.48. The quantitative estimate of drug-likeness (QED) is 0.749. The highest BCUT2D eigenvalue weighted by Crippen LogP contribution is 2.02. The minimum Gasteiger partial charge on any atom is -0.388 e. The molecule has 5 nitrogen and oxygen atoms in total. The van der Waals surface area contributed by atoms with Crippen molar-refractivity contribution in [2.24, 2.45) is 5.73 Å². The predicted octanol–water partition coefficient (Wildman–Crippen LogP) is 0.605. The highest BCUT2D eigenvalue weighted by molar-refractivity contribution is 7.80. The molecule has 0 saturated heterocycles. The van der Waals surface area contributed by atoms with Gasteiger partial charge < -0.3 is 5.73 Å². The highest BCUT2D eigenvalue weighted by Gasteiger charge is 2.04. The van der Waals surface area contributed by atoms with Crippen LogP contribution in [-0.2, 0) is 0 Å². The van der Waals surface area contributed by atoms with E-state index < -0.39 is 0 Å². The van der Waals surface area contributed by atoms with Gasteiger partial charge >= 0.3 is 0 Å². The average Bonchev–Trinajstić information content (AvgIpc) is 2.65. The Labute approximate surface area is 92.0 Å². The largest absolute Gasteiger partial charge is 0.388 e. The molecule has 0 radical (unpaired) electrons. The van der Waals surface area contributed by atoms with Gasteiger partial charge in [-0.15, -0.1) is 0 Å². The molecule has 2 N–H and O–H groups in total. The summed E-state index contributed by atoms with van der Waals surface area (Å²) in [5.41, 5.74) is 7.06. The van der Waals surface area contributed by atoms with Gasteiger partial charge in [0.25, 0.3) is 5.95 Å². The molecule has 0 spiro atoms. The molecule has 0 aliphatic carbocycles. The number of aromatic nitrogens is 4. The van der Waals surface area contributed by atoms with Gasteiger partial charge in [-0.2, -0.15) is 5.10 Å². The summed E-state index contributed by atoms with van der Waals surface area (Å²) in [5.74, 6) is 0.466. The summed E-state index contributed by atoms with van der Waals surface area (Å²) in [6, 6.07) is 1.67. The Balaban J connectivity index is 2.45. The van der Waals surface area contributed by atoms with E-state index in [0.717, 1.165) is 5.56 Å². The van der Waals surface area contributed by atoms with Crippen molar-refractivity contribution in [3.63, 3.8) is 0 Å². The van der Waals surface area contributed by atoms with E-state index in [0.29, 0.717) is 11.6 Å². The SMILES string of the molecule is Cc1cnn(-c2nccc(C(N)=S)n2)c1. The van der Waals surface area contributed by atoms with E-state index >= 15 is 0 Å². The lowest BCUT2D eigenvalue weighted by Crippen LogP contribution is -2.14. The zero-order chi connectivity index (χ0) is 10.8. The highest BCUT2D eigenvalue weighted by atomic mass is 32.1. The molecule has 2 heterocycles.